The van der Waals surface area contributed by atoms with E-state index in [4.69, 9.17) is 0 Å². The lowest BCUT2D eigenvalue weighted by Crippen LogP contribution is -2.51. The molecule has 18 heavy (non-hydrogen) atoms. The molecule has 1 aromatic carbocycles. The van der Waals surface area contributed by atoms with E-state index in [9.17, 15) is 5.11 Å². The van der Waals surface area contributed by atoms with Crippen LogP contribution in [0.5, 0.6) is 0 Å². The van der Waals surface area contributed by atoms with Gasteiger partial charge in [0, 0.05) is 23.2 Å². The highest BCUT2D eigenvalue weighted by atomic mass is 79.9. The van der Waals surface area contributed by atoms with Crippen molar-refractivity contribution in [1.29, 1.82) is 0 Å². The van der Waals surface area contributed by atoms with Gasteiger partial charge in [0.1, 0.15) is 0 Å². The molecule has 0 saturated carbocycles. The van der Waals surface area contributed by atoms with Crippen LogP contribution in [0.15, 0.2) is 28.7 Å². The summed E-state index contributed by atoms with van der Waals surface area (Å²) < 4.78 is 1.08. The average molecular weight is 313 g/mol. The smallest absolute Gasteiger partial charge is 0.0662 e. The van der Waals surface area contributed by atoms with Gasteiger partial charge in [-0.15, -0.1) is 0 Å². The molecule has 1 heterocycles. The van der Waals surface area contributed by atoms with Crippen LogP contribution in [0.1, 0.15) is 19.8 Å². The Balaban J connectivity index is 2.03. The van der Waals surface area contributed by atoms with Crippen molar-refractivity contribution < 1.29 is 5.11 Å². The van der Waals surface area contributed by atoms with Crippen LogP contribution in [-0.2, 0) is 0 Å². The molecule has 3 nitrogen and oxygen atoms in total. The Hall–Kier alpha value is -0.580. The number of hydrogen-bond acceptors (Lipinski definition) is 3. The van der Waals surface area contributed by atoms with E-state index >= 15 is 0 Å². The topological polar surface area (TPSA) is 35.5 Å². The van der Waals surface area contributed by atoms with Crippen molar-refractivity contribution in [2.45, 2.75) is 25.3 Å². The maximum atomic E-state index is 9.73. The highest BCUT2D eigenvalue weighted by Crippen LogP contribution is 2.27. The van der Waals surface area contributed by atoms with E-state index in [1.54, 1.807) is 0 Å². The number of aliphatic hydroxyl groups excluding tert-OH is 1. The second-order valence-corrected chi connectivity index (χ2v) is 5.92. The maximum absolute atomic E-state index is 9.73. The molecule has 1 fully saturated rings. The molecule has 0 unspecified atom stereocenters. The third-order valence-electron chi connectivity index (χ3n) is 3.82. The SMILES string of the molecule is CCN1CCC(CO)(Nc2ccc(Br)cc2)CC1. The number of aliphatic hydroxyl groups is 1. The normalized spacial score (nSPS) is 19.7. The summed E-state index contributed by atoms with van der Waals surface area (Å²) in [7, 11) is 0. The zero-order valence-electron chi connectivity index (χ0n) is 10.8. The monoisotopic (exact) mass is 312 g/mol. The molecule has 4 heteroatoms. The Morgan fingerprint density at radius 3 is 2.39 bits per heavy atom. The number of nitrogens with one attached hydrogen (secondary N) is 1. The standard InChI is InChI=1S/C14H21BrN2O/c1-2-17-9-7-14(11-18,8-10-17)16-13-5-3-12(15)4-6-13/h3-6,16,18H,2,7-11H2,1H3. The molecule has 2 N–H and O–H groups in total. The van der Waals surface area contributed by atoms with Crippen LogP contribution in [0.4, 0.5) is 5.69 Å². The van der Waals surface area contributed by atoms with Gasteiger partial charge in [-0.25, -0.2) is 0 Å². The summed E-state index contributed by atoms with van der Waals surface area (Å²) in [6.45, 7) is 5.59. The minimum absolute atomic E-state index is 0.153. The van der Waals surface area contributed by atoms with Gasteiger partial charge in [0.25, 0.3) is 0 Å². The quantitative estimate of drug-likeness (QED) is 0.897. The lowest BCUT2D eigenvalue weighted by atomic mass is 9.88. The van der Waals surface area contributed by atoms with Gasteiger partial charge < -0.3 is 15.3 Å². The largest absolute Gasteiger partial charge is 0.394 e. The number of piperidine rings is 1. The van der Waals surface area contributed by atoms with Gasteiger partial charge in [0.2, 0.25) is 0 Å². The molecule has 0 aromatic heterocycles. The van der Waals surface area contributed by atoms with Crippen molar-refractivity contribution in [2.24, 2.45) is 0 Å². The molecule has 0 amide bonds. The Morgan fingerprint density at radius 1 is 1.28 bits per heavy atom. The number of benzene rings is 1. The molecule has 0 atom stereocenters. The van der Waals surface area contributed by atoms with E-state index in [-0.39, 0.29) is 12.1 Å². The van der Waals surface area contributed by atoms with Gasteiger partial charge in [-0.2, -0.15) is 0 Å². The molecule has 1 saturated heterocycles. The fraction of sp³-hybridized carbons (Fsp3) is 0.571. The first-order valence-electron chi connectivity index (χ1n) is 6.54. The summed E-state index contributed by atoms with van der Waals surface area (Å²) >= 11 is 3.43. The van der Waals surface area contributed by atoms with Crippen molar-refractivity contribution in [3.05, 3.63) is 28.7 Å². The molecule has 0 aliphatic carbocycles. The summed E-state index contributed by atoms with van der Waals surface area (Å²) in [4.78, 5) is 2.43. The number of anilines is 1. The van der Waals surface area contributed by atoms with E-state index in [1.807, 2.05) is 24.3 Å². The van der Waals surface area contributed by atoms with Gasteiger partial charge in [-0.1, -0.05) is 22.9 Å². The van der Waals surface area contributed by atoms with Crippen molar-refractivity contribution in [3.8, 4) is 0 Å². The maximum Gasteiger partial charge on any atom is 0.0662 e. The first-order valence-corrected chi connectivity index (χ1v) is 7.34. The van der Waals surface area contributed by atoms with Crippen LogP contribution in [0.25, 0.3) is 0 Å². The van der Waals surface area contributed by atoms with Gasteiger partial charge in [0.05, 0.1) is 12.1 Å². The summed E-state index contributed by atoms with van der Waals surface area (Å²) in [6.07, 6.45) is 1.99. The molecule has 2 rings (SSSR count). The Kier molecular flexibility index (Phi) is 4.65. The number of hydrogen-bond donors (Lipinski definition) is 2. The summed E-state index contributed by atoms with van der Waals surface area (Å²) in [5.74, 6) is 0. The predicted octanol–water partition coefficient (Wildman–Crippen LogP) is 2.71. The molecule has 1 aliphatic heterocycles. The van der Waals surface area contributed by atoms with Crippen LogP contribution in [0.3, 0.4) is 0 Å². The van der Waals surface area contributed by atoms with E-state index < -0.39 is 0 Å². The number of halogens is 1. The average Bonchev–Trinajstić information content (AvgIpc) is 2.42. The zero-order chi connectivity index (χ0) is 13.0. The first kappa shape index (κ1) is 13.8. The van der Waals surface area contributed by atoms with E-state index in [1.165, 1.54) is 0 Å². The van der Waals surface area contributed by atoms with Crippen molar-refractivity contribution in [1.82, 2.24) is 4.90 Å². The number of rotatable bonds is 4. The van der Waals surface area contributed by atoms with E-state index in [0.717, 1.165) is 42.6 Å². The van der Waals surface area contributed by atoms with Crippen LogP contribution in [0.2, 0.25) is 0 Å². The zero-order valence-corrected chi connectivity index (χ0v) is 12.4. The molecule has 0 radical (unpaired) electrons. The second kappa shape index (κ2) is 6.04. The fourth-order valence-corrected chi connectivity index (χ4v) is 2.72. The van der Waals surface area contributed by atoms with Gasteiger partial charge in [0.15, 0.2) is 0 Å². The summed E-state index contributed by atoms with van der Waals surface area (Å²) in [5, 5.41) is 13.2. The van der Waals surface area contributed by atoms with Crippen molar-refractivity contribution in [3.63, 3.8) is 0 Å². The highest BCUT2D eigenvalue weighted by molar-refractivity contribution is 9.10. The third-order valence-corrected chi connectivity index (χ3v) is 4.35. The minimum atomic E-state index is -0.153. The lowest BCUT2D eigenvalue weighted by Gasteiger charge is -2.41. The Labute approximate surface area is 117 Å². The molecular weight excluding hydrogens is 292 g/mol. The second-order valence-electron chi connectivity index (χ2n) is 5.00. The van der Waals surface area contributed by atoms with Crippen molar-refractivity contribution >= 4 is 21.6 Å². The van der Waals surface area contributed by atoms with E-state index in [2.05, 4.69) is 33.1 Å². The summed E-state index contributed by atoms with van der Waals surface area (Å²) in [6, 6.07) is 8.14. The van der Waals surface area contributed by atoms with Crippen LogP contribution < -0.4 is 5.32 Å². The number of likely N-dealkylation sites (tertiary alicyclic amines) is 1. The van der Waals surface area contributed by atoms with Crippen LogP contribution in [0, 0.1) is 0 Å². The molecular formula is C14H21BrN2O. The van der Waals surface area contributed by atoms with Crippen LogP contribution >= 0.6 is 15.9 Å². The van der Waals surface area contributed by atoms with Gasteiger partial charge >= 0.3 is 0 Å². The number of nitrogens with zero attached hydrogens (tertiary/aromatic N) is 1. The Morgan fingerprint density at radius 2 is 1.89 bits per heavy atom. The van der Waals surface area contributed by atoms with Gasteiger partial charge in [-0.3, -0.25) is 0 Å². The highest BCUT2D eigenvalue weighted by Gasteiger charge is 2.33. The van der Waals surface area contributed by atoms with Crippen molar-refractivity contribution in [2.75, 3.05) is 31.6 Å². The summed E-state index contributed by atoms with van der Waals surface area (Å²) in [5.41, 5.74) is 0.927. The predicted molar refractivity (Wildman–Crippen MR) is 78.9 cm³/mol. The lowest BCUT2D eigenvalue weighted by molar-refractivity contribution is 0.122. The molecule has 1 aromatic rings. The molecule has 0 bridgehead atoms. The fourth-order valence-electron chi connectivity index (χ4n) is 2.46. The van der Waals surface area contributed by atoms with Gasteiger partial charge in [-0.05, 0) is 43.7 Å². The third kappa shape index (κ3) is 3.25. The molecule has 100 valence electrons. The first-order chi connectivity index (χ1) is 8.67. The van der Waals surface area contributed by atoms with Crippen LogP contribution in [-0.4, -0.2) is 41.8 Å². The molecule has 1 aliphatic rings. The minimum Gasteiger partial charge on any atom is -0.394 e. The van der Waals surface area contributed by atoms with E-state index in [0.29, 0.717) is 0 Å². The Bertz CT molecular complexity index is 372. The molecule has 0 spiro atoms.